The third-order valence-corrected chi connectivity index (χ3v) is 5.64. The minimum atomic E-state index is -3.50. The van der Waals surface area contributed by atoms with Gasteiger partial charge in [0.25, 0.3) is 10.0 Å². The first-order chi connectivity index (χ1) is 9.47. The molecule has 0 aliphatic heterocycles. The number of hydrogen-bond donors (Lipinski definition) is 2. The SMILES string of the molecule is CC1(NS(=O)(=O)c2ccc(CNC3CC3)cn2)CCC1. The Labute approximate surface area is 120 Å². The van der Waals surface area contributed by atoms with Crippen molar-refractivity contribution in [3.63, 3.8) is 0 Å². The molecule has 1 aromatic heterocycles. The Kier molecular flexibility index (Phi) is 3.56. The topological polar surface area (TPSA) is 71.1 Å². The summed E-state index contributed by atoms with van der Waals surface area (Å²) in [5, 5.41) is 3.49. The fourth-order valence-corrected chi connectivity index (χ4v) is 3.81. The van der Waals surface area contributed by atoms with Gasteiger partial charge in [0, 0.05) is 24.3 Å². The predicted molar refractivity (Wildman–Crippen MR) is 76.7 cm³/mol. The van der Waals surface area contributed by atoms with Crippen LogP contribution in [0, 0.1) is 0 Å². The van der Waals surface area contributed by atoms with Gasteiger partial charge in [-0.15, -0.1) is 0 Å². The molecule has 0 radical (unpaired) electrons. The van der Waals surface area contributed by atoms with E-state index in [1.165, 1.54) is 12.8 Å². The highest BCUT2D eigenvalue weighted by Gasteiger charge is 2.36. The van der Waals surface area contributed by atoms with Crippen molar-refractivity contribution in [3.8, 4) is 0 Å². The molecule has 1 heterocycles. The monoisotopic (exact) mass is 295 g/mol. The second kappa shape index (κ2) is 5.09. The summed E-state index contributed by atoms with van der Waals surface area (Å²) in [5.74, 6) is 0. The predicted octanol–water partition coefficient (Wildman–Crippen LogP) is 1.55. The van der Waals surface area contributed by atoms with Crippen LogP contribution in [0.2, 0.25) is 0 Å². The minimum Gasteiger partial charge on any atom is -0.310 e. The smallest absolute Gasteiger partial charge is 0.258 e. The van der Waals surface area contributed by atoms with Crippen LogP contribution in [-0.4, -0.2) is 25.0 Å². The highest BCUT2D eigenvalue weighted by atomic mass is 32.2. The second-order valence-corrected chi connectivity index (χ2v) is 7.81. The van der Waals surface area contributed by atoms with Gasteiger partial charge in [-0.2, -0.15) is 0 Å². The van der Waals surface area contributed by atoms with E-state index in [9.17, 15) is 8.42 Å². The number of sulfonamides is 1. The highest BCUT2D eigenvalue weighted by Crippen LogP contribution is 2.32. The first-order valence-electron chi connectivity index (χ1n) is 7.19. The van der Waals surface area contributed by atoms with Crippen molar-refractivity contribution in [1.29, 1.82) is 0 Å². The van der Waals surface area contributed by atoms with Crippen LogP contribution in [0.25, 0.3) is 0 Å². The van der Waals surface area contributed by atoms with E-state index < -0.39 is 10.0 Å². The lowest BCUT2D eigenvalue weighted by Gasteiger charge is -2.38. The molecule has 0 amide bonds. The van der Waals surface area contributed by atoms with Gasteiger partial charge in [-0.05, 0) is 50.7 Å². The zero-order chi connectivity index (χ0) is 14.2. The number of pyridine rings is 1. The Morgan fingerprint density at radius 1 is 1.35 bits per heavy atom. The lowest BCUT2D eigenvalue weighted by Crippen LogP contribution is -2.50. The maximum absolute atomic E-state index is 12.2. The van der Waals surface area contributed by atoms with Gasteiger partial charge < -0.3 is 5.32 Å². The standard InChI is InChI=1S/C14H21N3O2S/c1-14(7-2-8-14)17-20(18,19)13-6-3-11(10-16-13)9-15-12-4-5-12/h3,6,10,12,15,17H,2,4-5,7-9H2,1H3. The normalized spacial score (nSPS) is 21.4. The lowest BCUT2D eigenvalue weighted by molar-refractivity contribution is 0.247. The summed E-state index contributed by atoms with van der Waals surface area (Å²) in [6.45, 7) is 2.70. The molecule has 2 saturated carbocycles. The van der Waals surface area contributed by atoms with E-state index in [-0.39, 0.29) is 10.6 Å². The van der Waals surface area contributed by atoms with E-state index in [0.717, 1.165) is 31.4 Å². The van der Waals surface area contributed by atoms with Gasteiger partial charge in [-0.3, -0.25) is 0 Å². The summed E-state index contributed by atoms with van der Waals surface area (Å²) in [6, 6.07) is 4.06. The fraction of sp³-hybridized carbons (Fsp3) is 0.643. The Balaban J connectivity index is 1.65. The molecule has 1 aromatic rings. The molecule has 0 spiro atoms. The summed E-state index contributed by atoms with van der Waals surface area (Å²) >= 11 is 0. The summed E-state index contributed by atoms with van der Waals surface area (Å²) in [6.07, 6.45) is 7.00. The van der Waals surface area contributed by atoms with Crippen molar-refractivity contribution in [2.45, 2.75) is 62.2 Å². The highest BCUT2D eigenvalue weighted by molar-refractivity contribution is 7.89. The summed E-state index contributed by atoms with van der Waals surface area (Å²) < 4.78 is 27.2. The number of aromatic nitrogens is 1. The van der Waals surface area contributed by atoms with Crippen molar-refractivity contribution >= 4 is 10.0 Å². The molecule has 2 aliphatic carbocycles. The van der Waals surface area contributed by atoms with Crippen LogP contribution in [-0.2, 0) is 16.6 Å². The molecule has 2 aliphatic rings. The Morgan fingerprint density at radius 2 is 2.10 bits per heavy atom. The molecule has 0 saturated heterocycles. The lowest BCUT2D eigenvalue weighted by atomic mass is 9.80. The average molecular weight is 295 g/mol. The van der Waals surface area contributed by atoms with Crippen LogP contribution in [0.4, 0.5) is 0 Å². The average Bonchev–Trinajstić information content (AvgIpc) is 3.18. The van der Waals surface area contributed by atoms with E-state index in [1.807, 2.05) is 13.0 Å². The van der Waals surface area contributed by atoms with E-state index >= 15 is 0 Å². The summed E-state index contributed by atoms with van der Waals surface area (Å²) in [7, 11) is -3.50. The van der Waals surface area contributed by atoms with Crippen molar-refractivity contribution < 1.29 is 8.42 Å². The molecule has 5 nitrogen and oxygen atoms in total. The van der Waals surface area contributed by atoms with E-state index in [4.69, 9.17) is 0 Å². The van der Waals surface area contributed by atoms with Crippen molar-refractivity contribution in [1.82, 2.24) is 15.0 Å². The third kappa shape index (κ3) is 3.19. The molecule has 0 aromatic carbocycles. The van der Waals surface area contributed by atoms with Gasteiger partial charge in [0.2, 0.25) is 0 Å². The molecule has 0 bridgehead atoms. The van der Waals surface area contributed by atoms with Gasteiger partial charge in [0.15, 0.2) is 5.03 Å². The van der Waals surface area contributed by atoms with Crippen LogP contribution >= 0.6 is 0 Å². The molecular formula is C14H21N3O2S. The quantitative estimate of drug-likeness (QED) is 0.835. The number of nitrogens with one attached hydrogen (secondary N) is 2. The molecule has 3 rings (SSSR count). The maximum Gasteiger partial charge on any atom is 0.258 e. The number of hydrogen-bond acceptors (Lipinski definition) is 4. The third-order valence-electron chi connectivity index (χ3n) is 4.08. The van der Waals surface area contributed by atoms with Crippen LogP contribution < -0.4 is 10.0 Å². The molecule has 2 fully saturated rings. The van der Waals surface area contributed by atoms with E-state index in [2.05, 4.69) is 15.0 Å². The minimum absolute atomic E-state index is 0.112. The van der Waals surface area contributed by atoms with Crippen LogP contribution in [0.3, 0.4) is 0 Å². The van der Waals surface area contributed by atoms with Gasteiger partial charge in [0.05, 0.1) is 0 Å². The van der Waals surface area contributed by atoms with Gasteiger partial charge >= 0.3 is 0 Å². The van der Waals surface area contributed by atoms with Crippen molar-refractivity contribution in [3.05, 3.63) is 23.9 Å². The number of nitrogens with zero attached hydrogens (tertiary/aromatic N) is 1. The zero-order valence-electron chi connectivity index (χ0n) is 11.7. The molecular weight excluding hydrogens is 274 g/mol. The largest absolute Gasteiger partial charge is 0.310 e. The van der Waals surface area contributed by atoms with Crippen molar-refractivity contribution in [2.24, 2.45) is 0 Å². The Bertz CT molecular complexity index is 575. The van der Waals surface area contributed by atoms with Crippen LogP contribution in [0.15, 0.2) is 23.4 Å². The first-order valence-corrected chi connectivity index (χ1v) is 8.68. The van der Waals surface area contributed by atoms with Gasteiger partial charge in [-0.1, -0.05) is 6.07 Å². The van der Waals surface area contributed by atoms with Gasteiger partial charge in [-0.25, -0.2) is 18.1 Å². The van der Waals surface area contributed by atoms with E-state index in [1.54, 1.807) is 12.3 Å². The Hall–Kier alpha value is -0.980. The fourth-order valence-electron chi connectivity index (χ4n) is 2.41. The molecule has 20 heavy (non-hydrogen) atoms. The summed E-state index contributed by atoms with van der Waals surface area (Å²) in [5.41, 5.74) is 0.734. The first kappa shape index (κ1) is 14.0. The van der Waals surface area contributed by atoms with Crippen molar-refractivity contribution in [2.75, 3.05) is 0 Å². The molecule has 110 valence electrons. The summed E-state index contributed by atoms with van der Waals surface area (Å²) in [4.78, 5) is 4.10. The van der Waals surface area contributed by atoms with Crippen LogP contribution in [0.5, 0.6) is 0 Å². The van der Waals surface area contributed by atoms with Gasteiger partial charge in [0.1, 0.15) is 0 Å². The zero-order valence-corrected chi connectivity index (χ0v) is 12.5. The molecule has 2 N–H and O–H groups in total. The Morgan fingerprint density at radius 3 is 2.60 bits per heavy atom. The molecule has 6 heteroatoms. The van der Waals surface area contributed by atoms with Crippen LogP contribution in [0.1, 0.15) is 44.6 Å². The second-order valence-electron chi connectivity index (χ2n) is 6.18. The van der Waals surface area contributed by atoms with E-state index in [0.29, 0.717) is 6.04 Å². The molecule has 0 atom stereocenters. The molecule has 0 unspecified atom stereocenters. The maximum atomic E-state index is 12.2. The number of rotatable bonds is 6.